The Morgan fingerprint density at radius 1 is 1.05 bits per heavy atom. The van der Waals surface area contributed by atoms with Crippen molar-refractivity contribution in [3.8, 4) is 17.2 Å². The molecule has 8 heteroatoms. The molecule has 2 aliphatic rings. The molecule has 3 aromatic rings. The molecule has 1 aromatic heterocycles. The van der Waals surface area contributed by atoms with E-state index < -0.39 is 0 Å². The molecular weight excluding hydrogens is 502 g/mol. The number of Topliss-reactive ketones (excluding diaryl/α,β-unsaturated/α-hetero) is 1. The summed E-state index contributed by atoms with van der Waals surface area (Å²) < 4.78 is 12.4. The van der Waals surface area contributed by atoms with Crippen molar-refractivity contribution in [1.82, 2.24) is 15.2 Å². The number of likely N-dealkylation sites (tertiary alicyclic amines) is 1. The molecule has 2 fully saturated rings. The zero-order valence-electron chi connectivity index (χ0n) is 22.0. The Balaban J connectivity index is 1.36. The highest BCUT2D eigenvalue weighted by atomic mass is 35.5. The minimum atomic E-state index is -0.233. The van der Waals surface area contributed by atoms with Gasteiger partial charge in [-0.05, 0) is 87.5 Å². The lowest BCUT2D eigenvalue weighted by Gasteiger charge is -2.29. The van der Waals surface area contributed by atoms with Gasteiger partial charge in [0.25, 0.3) is 5.91 Å². The van der Waals surface area contributed by atoms with Crippen molar-refractivity contribution < 1.29 is 19.1 Å². The van der Waals surface area contributed by atoms with Crippen molar-refractivity contribution >= 4 is 34.2 Å². The van der Waals surface area contributed by atoms with Crippen LogP contribution in [-0.4, -0.2) is 55.4 Å². The maximum Gasteiger partial charge on any atom is 0.254 e. The number of carbonyl (C=O) groups is 2. The predicted molar refractivity (Wildman–Crippen MR) is 148 cm³/mol. The molecule has 0 spiro atoms. The first-order valence-electron chi connectivity index (χ1n) is 13.3. The molecule has 38 heavy (non-hydrogen) atoms. The Labute approximate surface area is 228 Å². The van der Waals surface area contributed by atoms with Crippen molar-refractivity contribution in [2.45, 2.75) is 38.5 Å². The van der Waals surface area contributed by atoms with Gasteiger partial charge in [0.1, 0.15) is 23.0 Å². The van der Waals surface area contributed by atoms with Gasteiger partial charge in [0.15, 0.2) is 0 Å². The van der Waals surface area contributed by atoms with Crippen LogP contribution in [0.1, 0.15) is 48.0 Å². The van der Waals surface area contributed by atoms with Gasteiger partial charge in [-0.25, -0.2) is 0 Å². The van der Waals surface area contributed by atoms with Gasteiger partial charge in [-0.15, -0.1) is 0 Å². The van der Waals surface area contributed by atoms with Gasteiger partial charge in [-0.2, -0.15) is 0 Å². The van der Waals surface area contributed by atoms with Gasteiger partial charge in [-0.1, -0.05) is 17.7 Å². The number of pyridine rings is 1. The van der Waals surface area contributed by atoms with E-state index in [4.69, 9.17) is 21.1 Å². The molecule has 0 atom stereocenters. The number of aromatic nitrogens is 1. The molecule has 0 bridgehead atoms. The summed E-state index contributed by atoms with van der Waals surface area (Å²) in [7, 11) is 3.74. The van der Waals surface area contributed by atoms with Crippen LogP contribution in [0.2, 0.25) is 5.02 Å². The number of nitrogens with one attached hydrogen (secondary N) is 1. The average molecular weight is 536 g/mol. The summed E-state index contributed by atoms with van der Waals surface area (Å²) in [6.07, 6.45) is 7.10. The fourth-order valence-electron chi connectivity index (χ4n) is 4.90. The zero-order chi connectivity index (χ0) is 26.6. The van der Waals surface area contributed by atoms with Gasteiger partial charge in [0.2, 0.25) is 0 Å². The van der Waals surface area contributed by atoms with Crippen LogP contribution in [0.15, 0.2) is 42.6 Å². The normalized spacial score (nSPS) is 16.4. The van der Waals surface area contributed by atoms with E-state index in [-0.39, 0.29) is 11.7 Å². The summed E-state index contributed by atoms with van der Waals surface area (Å²) in [5.41, 5.74) is 1.91. The summed E-state index contributed by atoms with van der Waals surface area (Å²) in [5.74, 6) is 2.62. The van der Waals surface area contributed by atoms with E-state index in [0.717, 1.165) is 44.3 Å². The number of carbonyl (C=O) groups excluding carboxylic acids is 2. The number of hydrogen-bond acceptors (Lipinski definition) is 6. The summed E-state index contributed by atoms with van der Waals surface area (Å²) in [6.45, 7) is 2.67. The van der Waals surface area contributed by atoms with Crippen LogP contribution < -0.4 is 14.8 Å². The smallest absolute Gasteiger partial charge is 0.254 e. The maximum atomic E-state index is 12.8. The van der Waals surface area contributed by atoms with Gasteiger partial charge < -0.3 is 19.7 Å². The second kappa shape index (κ2) is 11.7. The number of benzene rings is 2. The van der Waals surface area contributed by atoms with Crippen LogP contribution >= 0.6 is 11.6 Å². The molecule has 1 saturated heterocycles. The Morgan fingerprint density at radius 2 is 1.84 bits per heavy atom. The highest BCUT2D eigenvalue weighted by Crippen LogP contribution is 2.36. The SMILES string of the molecule is CNC(=O)c1cc2c(Oc3ccc(CC(=O)CC4CC4)c(Cl)c3)ccnc2cc1OCC1CCN(C)CC1. The highest BCUT2D eigenvalue weighted by molar-refractivity contribution is 6.31. The third-order valence-corrected chi connectivity index (χ3v) is 7.79. The molecular formula is C30H34ClN3O4. The topological polar surface area (TPSA) is 80.8 Å². The monoisotopic (exact) mass is 535 g/mol. The largest absolute Gasteiger partial charge is 0.492 e. The standard InChI is InChI=1S/C30H34ClN3O4/c1-32-30(36)25-16-24-27(17-29(25)37-18-20-8-11-34(2)12-9-20)33-10-7-28(24)38-23-6-5-21(26(31)15-23)14-22(35)13-19-3-4-19/h5-7,10,15-17,19-20H,3-4,8-9,11-14,18H2,1-2H3,(H,32,36). The molecule has 2 heterocycles. The quantitative estimate of drug-likeness (QED) is 0.360. The molecule has 7 nitrogen and oxygen atoms in total. The summed E-state index contributed by atoms with van der Waals surface area (Å²) in [4.78, 5) is 31.9. The third-order valence-electron chi connectivity index (χ3n) is 7.44. The third kappa shape index (κ3) is 6.45. The van der Waals surface area contributed by atoms with E-state index in [1.165, 1.54) is 0 Å². The van der Waals surface area contributed by atoms with Crippen LogP contribution in [0, 0.1) is 11.8 Å². The fourth-order valence-corrected chi connectivity index (χ4v) is 5.13. The molecule has 1 aliphatic carbocycles. The number of amides is 1. The highest BCUT2D eigenvalue weighted by Gasteiger charge is 2.25. The number of nitrogens with zero attached hydrogens (tertiary/aromatic N) is 2. The van der Waals surface area contributed by atoms with Crippen molar-refractivity contribution in [3.63, 3.8) is 0 Å². The van der Waals surface area contributed by atoms with E-state index >= 15 is 0 Å². The zero-order valence-corrected chi connectivity index (χ0v) is 22.7. The fraction of sp³-hybridized carbons (Fsp3) is 0.433. The first-order chi connectivity index (χ1) is 18.4. The Kier molecular flexibility index (Phi) is 8.15. The van der Waals surface area contributed by atoms with E-state index in [2.05, 4.69) is 22.2 Å². The number of piperidine rings is 1. The molecule has 5 rings (SSSR count). The van der Waals surface area contributed by atoms with Crippen LogP contribution in [0.25, 0.3) is 10.9 Å². The molecule has 1 saturated carbocycles. The molecule has 0 radical (unpaired) electrons. The van der Waals surface area contributed by atoms with E-state index in [9.17, 15) is 9.59 Å². The van der Waals surface area contributed by atoms with Crippen LogP contribution in [0.5, 0.6) is 17.2 Å². The summed E-state index contributed by atoms with van der Waals surface area (Å²) >= 11 is 6.51. The molecule has 1 amide bonds. The number of halogens is 1. The van der Waals surface area contributed by atoms with E-state index in [0.29, 0.717) is 70.0 Å². The van der Waals surface area contributed by atoms with Crippen molar-refractivity contribution in [1.29, 1.82) is 0 Å². The predicted octanol–water partition coefficient (Wildman–Crippen LogP) is 5.67. The first-order valence-corrected chi connectivity index (χ1v) is 13.7. The Morgan fingerprint density at radius 3 is 2.55 bits per heavy atom. The lowest BCUT2D eigenvalue weighted by molar-refractivity contribution is -0.118. The minimum absolute atomic E-state index is 0.221. The Bertz CT molecular complexity index is 1330. The first kappa shape index (κ1) is 26.4. The lowest BCUT2D eigenvalue weighted by atomic mass is 9.98. The van der Waals surface area contributed by atoms with Gasteiger partial charge in [-0.3, -0.25) is 14.6 Å². The van der Waals surface area contributed by atoms with E-state index in [1.54, 1.807) is 31.4 Å². The minimum Gasteiger partial charge on any atom is -0.492 e. The molecule has 1 N–H and O–H groups in total. The molecule has 0 unspecified atom stereocenters. The van der Waals surface area contributed by atoms with Crippen LogP contribution in [0.3, 0.4) is 0 Å². The van der Waals surface area contributed by atoms with Crippen LogP contribution in [-0.2, 0) is 11.2 Å². The van der Waals surface area contributed by atoms with E-state index in [1.807, 2.05) is 18.2 Å². The van der Waals surface area contributed by atoms with Gasteiger partial charge in [0.05, 0.1) is 17.7 Å². The molecule has 1 aliphatic heterocycles. The van der Waals surface area contributed by atoms with Gasteiger partial charge in [0, 0.05) is 42.6 Å². The Hall–Kier alpha value is -3.16. The number of ketones is 1. The number of hydrogen-bond donors (Lipinski definition) is 1. The summed E-state index contributed by atoms with van der Waals surface area (Å²) in [5, 5.41) is 3.91. The summed E-state index contributed by atoms with van der Waals surface area (Å²) in [6, 6.07) is 10.7. The van der Waals surface area contributed by atoms with Crippen molar-refractivity contribution in [2.75, 3.05) is 33.8 Å². The number of rotatable bonds is 10. The van der Waals surface area contributed by atoms with Crippen LogP contribution in [0.4, 0.5) is 0 Å². The van der Waals surface area contributed by atoms with Crippen molar-refractivity contribution in [3.05, 3.63) is 58.7 Å². The number of fused-ring (bicyclic) bond motifs is 1. The van der Waals surface area contributed by atoms with Gasteiger partial charge >= 0.3 is 0 Å². The molecule has 2 aromatic carbocycles. The molecule has 200 valence electrons. The second-order valence-electron chi connectivity index (χ2n) is 10.5. The second-order valence-corrected chi connectivity index (χ2v) is 10.9. The van der Waals surface area contributed by atoms with Crippen molar-refractivity contribution in [2.24, 2.45) is 11.8 Å². The average Bonchev–Trinajstić information content (AvgIpc) is 3.73. The maximum absolute atomic E-state index is 12.8. The lowest BCUT2D eigenvalue weighted by Crippen LogP contribution is -2.32. The number of ether oxygens (including phenoxy) is 2.